The van der Waals surface area contributed by atoms with Gasteiger partial charge in [-0.25, -0.2) is 18.5 Å². The minimum Gasteiger partial charge on any atom is -0.469 e. The molecule has 2 heterocycles. The molecule has 4 N–H and O–H groups in total. The zero-order valence-corrected chi connectivity index (χ0v) is 21.2. The number of hydrogen-bond acceptors (Lipinski definition) is 5. The summed E-state index contributed by atoms with van der Waals surface area (Å²) in [6, 6.07) is 11.6. The molecule has 8 nitrogen and oxygen atoms in total. The van der Waals surface area contributed by atoms with Crippen LogP contribution in [0.4, 0.5) is 0 Å². The third kappa shape index (κ3) is 7.46. The lowest BCUT2D eigenvalue weighted by Crippen LogP contribution is -2.49. The summed E-state index contributed by atoms with van der Waals surface area (Å²) in [5.74, 6) is 1.70. The van der Waals surface area contributed by atoms with Crippen molar-refractivity contribution in [3.8, 4) is 0 Å². The summed E-state index contributed by atoms with van der Waals surface area (Å²) in [5.41, 5.74) is 0.920. The second kappa shape index (κ2) is 11.5. The molecule has 1 aliphatic heterocycles. The fourth-order valence-corrected chi connectivity index (χ4v) is 4.42. The second-order valence-electron chi connectivity index (χ2n) is 8.30. The molecular formula is C22H32IN5O3S. The van der Waals surface area contributed by atoms with E-state index in [-0.39, 0.29) is 28.9 Å². The van der Waals surface area contributed by atoms with Crippen LogP contribution >= 0.6 is 24.0 Å². The highest BCUT2D eigenvalue weighted by Crippen LogP contribution is 2.29. The summed E-state index contributed by atoms with van der Waals surface area (Å²) in [5, 5.41) is 12.2. The van der Waals surface area contributed by atoms with Crippen LogP contribution in [0.15, 0.2) is 57.0 Å². The van der Waals surface area contributed by atoms with Crippen molar-refractivity contribution in [2.45, 2.75) is 55.6 Å². The van der Waals surface area contributed by atoms with Crippen molar-refractivity contribution in [3.63, 3.8) is 0 Å². The second-order valence-corrected chi connectivity index (χ2v) is 9.86. The molecule has 0 bridgehead atoms. The first-order chi connectivity index (χ1) is 15.0. The largest absolute Gasteiger partial charge is 0.469 e. The Hall–Kier alpha value is -1.63. The molecule has 10 heteroatoms. The average Bonchev–Trinajstić information content (AvgIpc) is 3.48. The molecule has 0 unspecified atom stereocenters. The molecule has 0 amide bonds. The van der Waals surface area contributed by atoms with Crippen LogP contribution < -0.4 is 15.8 Å². The highest BCUT2D eigenvalue weighted by atomic mass is 127. The van der Waals surface area contributed by atoms with E-state index in [0.717, 1.165) is 55.7 Å². The number of likely N-dealkylation sites (tertiary alicyclic amines) is 1. The first-order valence-electron chi connectivity index (χ1n) is 10.9. The number of benzene rings is 1. The Labute approximate surface area is 207 Å². The molecule has 32 heavy (non-hydrogen) atoms. The Bertz CT molecular complexity index is 968. The SMILES string of the molecule is I.NS(=O)(=O)c1ccc(CN=C(NCCc2ccco2)NC2CCN(C3CC3)CC2)cc1. The van der Waals surface area contributed by atoms with Crippen molar-refractivity contribution in [2.75, 3.05) is 19.6 Å². The number of rotatable bonds is 8. The van der Waals surface area contributed by atoms with Crippen LogP contribution in [0.2, 0.25) is 0 Å². The van der Waals surface area contributed by atoms with Gasteiger partial charge in [-0.3, -0.25) is 0 Å². The van der Waals surface area contributed by atoms with E-state index in [9.17, 15) is 8.42 Å². The summed E-state index contributed by atoms with van der Waals surface area (Å²) in [6.45, 7) is 3.43. The normalized spacial score (nSPS) is 18.2. The van der Waals surface area contributed by atoms with E-state index in [4.69, 9.17) is 14.5 Å². The fraction of sp³-hybridized carbons (Fsp3) is 0.500. The van der Waals surface area contributed by atoms with E-state index in [1.165, 1.54) is 25.0 Å². The van der Waals surface area contributed by atoms with Gasteiger partial charge in [-0.2, -0.15) is 0 Å². The molecule has 0 atom stereocenters. The minimum absolute atomic E-state index is 0. The number of primary sulfonamides is 1. The zero-order valence-electron chi connectivity index (χ0n) is 18.1. The number of furan rings is 1. The highest BCUT2D eigenvalue weighted by molar-refractivity contribution is 14.0. The van der Waals surface area contributed by atoms with Crippen molar-refractivity contribution in [1.82, 2.24) is 15.5 Å². The Morgan fingerprint density at radius 1 is 1.12 bits per heavy atom. The van der Waals surface area contributed by atoms with Gasteiger partial charge >= 0.3 is 0 Å². The van der Waals surface area contributed by atoms with Gasteiger partial charge in [0.1, 0.15) is 5.76 Å². The van der Waals surface area contributed by atoms with Crippen LogP contribution in [0.25, 0.3) is 0 Å². The summed E-state index contributed by atoms with van der Waals surface area (Å²) in [4.78, 5) is 7.45. The predicted molar refractivity (Wildman–Crippen MR) is 136 cm³/mol. The monoisotopic (exact) mass is 573 g/mol. The summed E-state index contributed by atoms with van der Waals surface area (Å²) in [6.07, 6.45) is 7.38. The van der Waals surface area contributed by atoms with Crippen LogP contribution in [-0.4, -0.2) is 51.0 Å². The number of nitrogens with two attached hydrogens (primary N) is 1. The lowest BCUT2D eigenvalue weighted by molar-refractivity contribution is 0.197. The third-order valence-corrected chi connectivity index (χ3v) is 6.78. The maximum atomic E-state index is 11.4. The van der Waals surface area contributed by atoms with Crippen molar-refractivity contribution in [2.24, 2.45) is 10.1 Å². The van der Waals surface area contributed by atoms with Crippen molar-refractivity contribution in [1.29, 1.82) is 0 Å². The van der Waals surface area contributed by atoms with Crippen LogP contribution in [-0.2, 0) is 23.0 Å². The number of sulfonamides is 1. The van der Waals surface area contributed by atoms with Gasteiger partial charge in [0.05, 0.1) is 17.7 Å². The Kier molecular flexibility index (Phi) is 8.97. The number of halogens is 1. The number of nitrogens with one attached hydrogen (secondary N) is 2. The highest BCUT2D eigenvalue weighted by Gasteiger charge is 2.31. The molecule has 1 aromatic heterocycles. The molecule has 1 aliphatic carbocycles. The van der Waals surface area contributed by atoms with Crippen LogP contribution in [0.5, 0.6) is 0 Å². The van der Waals surface area contributed by atoms with Gasteiger partial charge in [0.25, 0.3) is 0 Å². The lowest BCUT2D eigenvalue weighted by Gasteiger charge is -2.33. The maximum absolute atomic E-state index is 11.4. The standard InChI is InChI=1S/C22H31N5O3S.HI/c23-31(28,29)21-7-3-17(4-8-21)16-25-22(24-12-9-20-2-1-15-30-20)26-18-10-13-27(14-11-18)19-5-6-19;/h1-4,7-8,15,18-19H,5-6,9-14,16H2,(H2,23,28,29)(H2,24,25,26);1H. The van der Waals surface area contributed by atoms with Gasteiger partial charge in [-0.1, -0.05) is 12.1 Å². The molecule has 1 saturated carbocycles. The molecule has 2 fully saturated rings. The number of guanidine groups is 1. The maximum Gasteiger partial charge on any atom is 0.238 e. The smallest absolute Gasteiger partial charge is 0.238 e. The first-order valence-corrected chi connectivity index (χ1v) is 12.4. The molecule has 0 radical (unpaired) electrons. The van der Waals surface area contributed by atoms with Crippen LogP contribution in [0, 0.1) is 0 Å². The topological polar surface area (TPSA) is 113 Å². The zero-order chi connectivity index (χ0) is 21.7. The average molecular weight is 574 g/mol. The van der Waals surface area contributed by atoms with Crippen LogP contribution in [0.3, 0.4) is 0 Å². The van der Waals surface area contributed by atoms with Gasteiger partial charge in [0.15, 0.2) is 5.96 Å². The predicted octanol–water partition coefficient (Wildman–Crippen LogP) is 2.45. The molecule has 1 saturated heterocycles. The molecule has 4 rings (SSSR count). The van der Waals surface area contributed by atoms with Crippen molar-refractivity contribution in [3.05, 3.63) is 54.0 Å². The number of piperidine rings is 1. The molecule has 2 aliphatic rings. The Morgan fingerprint density at radius 3 is 2.44 bits per heavy atom. The number of nitrogens with zero attached hydrogens (tertiary/aromatic N) is 2. The van der Waals surface area contributed by atoms with Crippen molar-refractivity contribution < 1.29 is 12.8 Å². The van der Waals surface area contributed by atoms with Crippen molar-refractivity contribution >= 4 is 40.0 Å². The minimum atomic E-state index is -3.68. The lowest BCUT2D eigenvalue weighted by atomic mass is 10.1. The van der Waals surface area contributed by atoms with Gasteiger partial charge in [0.2, 0.25) is 10.0 Å². The van der Waals surface area contributed by atoms with E-state index in [2.05, 4.69) is 15.5 Å². The van der Waals surface area contributed by atoms with E-state index >= 15 is 0 Å². The number of hydrogen-bond donors (Lipinski definition) is 3. The molecule has 1 aromatic carbocycles. The Morgan fingerprint density at radius 2 is 1.84 bits per heavy atom. The van der Waals surface area contributed by atoms with Crippen LogP contribution in [0.1, 0.15) is 37.0 Å². The van der Waals surface area contributed by atoms with Gasteiger partial charge in [-0.15, -0.1) is 24.0 Å². The summed E-state index contributed by atoms with van der Waals surface area (Å²) in [7, 11) is -3.68. The van der Waals surface area contributed by atoms with Gasteiger partial charge in [0, 0.05) is 38.1 Å². The first kappa shape index (κ1) is 25.0. The van der Waals surface area contributed by atoms with E-state index < -0.39 is 10.0 Å². The Balaban J connectivity index is 0.00000289. The number of aliphatic imine (C=N–C) groups is 1. The van der Waals surface area contributed by atoms with E-state index in [1.807, 2.05) is 12.1 Å². The summed E-state index contributed by atoms with van der Waals surface area (Å²) >= 11 is 0. The molecule has 2 aromatic rings. The van der Waals surface area contributed by atoms with E-state index in [1.54, 1.807) is 18.4 Å². The quantitative estimate of drug-likeness (QED) is 0.254. The molecular weight excluding hydrogens is 541 g/mol. The van der Waals surface area contributed by atoms with Gasteiger partial charge in [-0.05, 0) is 55.5 Å². The third-order valence-electron chi connectivity index (χ3n) is 5.85. The van der Waals surface area contributed by atoms with Gasteiger partial charge < -0.3 is 20.0 Å². The molecule has 176 valence electrons. The fourth-order valence-electron chi connectivity index (χ4n) is 3.91. The molecule has 0 spiro atoms. The van der Waals surface area contributed by atoms with E-state index in [0.29, 0.717) is 19.1 Å². The summed E-state index contributed by atoms with van der Waals surface area (Å²) < 4.78 is 28.3.